The molecular formula is C27H23N3O5S2. The third-order valence-corrected chi connectivity index (χ3v) is 9.79. The number of pyridine rings is 1. The minimum atomic E-state index is -0.489. The smallest absolute Gasteiger partial charge is 0.287 e. The van der Waals surface area contributed by atoms with E-state index in [-0.39, 0.29) is 40.2 Å². The highest BCUT2D eigenvalue weighted by atomic mass is 33.1. The summed E-state index contributed by atoms with van der Waals surface area (Å²) in [5.74, 6) is -1.28. The molecule has 0 aliphatic heterocycles. The van der Waals surface area contributed by atoms with E-state index in [1.165, 1.54) is 23.1 Å². The predicted molar refractivity (Wildman–Crippen MR) is 142 cm³/mol. The average molecular weight is 534 g/mol. The number of nitrogens with two attached hydrogens (primary N) is 1. The quantitative estimate of drug-likeness (QED) is 0.197. The fourth-order valence-corrected chi connectivity index (χ4v) is 7.27. The van der Waals surface area contributed by atoms with E-state index in [4.69, 9.17) is 5.73 Å². The maximum atomic E-state index is 13.3. The number of benzene rings is 2. The highest BCUT2D eigenvalue weighted by molar-refractivity contribution is 8.76. The van der Waals surface area contributed by atoms with Crippen molar-refractivity contribution in [2.45, 2.75) is 42.4 Å². The molecule has 1 aromatic heterocycles. The highest BCUT2D eigenvalue weighted by Crippen LogP contribution is 2.45. The first-order valence-electron chi connectivity index (χ1n) is 11.8. The summed E-state index contributed by atoms with van der Waals surface area (Å²) >= 11 is 0. The number of nitro groups is 1. The molecule has 10 heteroatoms. The van der Waals surface area contributed by atoms with Crippen LogP contribution >= 0.6 is 21.6 Å². The van der Waals surface area contributed by atoms with E-state index >= 15 is 0 Å². The van der Waals surface area contributed by atoms with Crippen LogP contribution in [-0.4, -0.2) is 32.6 Å². The van der Waals surface area contributed by atoms with Crippen LogP contribution in [0.2, 0.25) is 0 Å². The summed E-state index contributed by atoms with van der Waals surface area (Å²) in [4.78, 5) is 53.4. The molecule has 0 saturated carbocycles. The first-order chi connectivity index (χ1) is 17.7. The number of ketones is 2. The van der Waals surface area contributed by atoms with Gasteiger partial charge in [-0.05, 0) is 65.3 Å². The maximum Gasteiger partial charge on any atom is 0.287 e. The molecule has 3 atom stereocenters. The standard InChI is InChI=1S/C27H23N3O5S2/c1-14(36-37-24-9-7-16(13-29-24)30(34)35)10-21-19(27(28)33)8-6-15-11-22-23(12-20(15)21)26(32)18-5-3-2-4-17(18)25(22)31/h2-5,7,9,11-14,19,21H,6,8,10H2,1H3,(H2,28,33)/t14-,19?,21?/m1/s1. The lowest BCUT2D eigenvalue weighted by Gasteiger charge is -2.34. The molecule has 8 nitrogen and oxygen atoms in total. The van der Waals surface area contributed by atoms with Crippen LogP contribution < -0.4 is 5.73 Å². The zero-order chi connectivity index (χ0) is 26.3. The monoisotopic (exact) mass is 533 g/mol. The van der Waals surface area contributed by atoms with Crippen molar-refractivity contribution in [2.24, 2.45) is 11.7 Å². The van der Waals surface area contributed by atoms with Gasteiger partial charge in [-0.3, -0.25) is 24.5 Å². The Balaban J connectivity index is 1.41. The van der Waals surface area contributed by atoms with Gasteiger partial charge in [0.15, 0.2) is 11.6 Å². The molecule has 0 radical (unpaired) electrons. The molecule has 2 aromatic carbocycles. The van der Waals surface area contributed by atoms with E-state index in [0.717, 1.165) is 11.1 Å². The van der Waals surface area contributed by atoms with Crippen molar-refractivity contribution in [3.63, 3.8) is 0 Å². The van der Waals surface area contributed by atoms with Crippen LogP contribution in [0.15, 0.2) is 59.8 Å². The van der Waals surface area contributed by atoms with Gasteiger partial charge in [0.25, 0.3) is 5.69 Å². The molecule has 1 heterocycles. The van der Waals surface area contributed by atoms with Crippen molar-refractivity contribution in [1.82, 2.24) is 4.98 Å². The van der Waals surface area contributed by atoms with Gasteiger partial charge >= 0.3 is 0 Å². The first kappa shape index (κ1) is 25.2. The summed E-state index contributed by atoms with van der Waals surface area (Å²) in [7, 11) is 2.97. The van der Waals surface area contributed by atoms with E-state index in [1.54, 1.807) is 41.1 Å². The van der Waals surface area contributed by atoms with Gasteiger partial charge in [0.1, 0.15) is 11.2 Å². The van der Waals surface area contributed by atoms with Crippen LogP contribution in [0.1, 0.15) is 68.7 Å². The summed E-state index contributed by atoms with van der Waals surface area (Å²) in [6.45, 7) is 2.04. The number of aryl methyl sites for hydroxylation is 1. The van der Waals surface area contributed by atoms with Gasteiger partial charge in [-0.2, -0.15) is 0 Å². The fraction of sp³-hybridized carbons (Fsp3) is 0.259. The van der Waals surface area contributed by atoms with Crippen LogP contribution in [0.3, 0.4) is 0 Å². The molecule has 0 spiro atoms. The number of amides is 1. The molecule has 2 aliphatic carbocycles. The van der Waals surface area contributed by atoms with Crippen molar-refractivity contribution in [3.8, 4) is 0 Å². The van der Waals surface area contributed by atoms with Crippen molar-refractivity contribution in [2.75, 3.05) is 0 Å². The van der Waals surface area contributed by atoms with E-state index < -0.39 is 4.92 Å². The lowest BCUT2D eigenvalue weighted by molar-refractivity contribution is -0.385. The van der Waals surface area contributed by atoms with Gasteiger partial charge in [-0.15, -0.1) is 0 Å². The van der Waals surface area contributed by atoms with Crippen LogP contribution in [-0.2, 0) is 11.2 Å². The number of aromatic nitrogens is 1. The molecule has 188 valence electrons. The third-order valence-electron chi connectivity index (χ3n) is 6.98. The number of rotatable bonds is 7. The van der Waals surface area contributed by atoms with Gasteiger partial charge in [-0.25, -0.2) is 4.98 Å². The Morgan fingerprint density at radius 2 is 1.78 bits per heavy atom. The largest absolute Gasteiger partial charge is 0.369 e. The van der Waals surface area contributed by atoms with Crippen molar-refractivity contribution in [3.05, 3.63) is 98.2 Å². The molecule has 3 aromatic rings. The number of nitrogens with zero attached hydrogens (tertiary/aromatic N) is 2. The number of carbonyl (C=O) groups is 3. The van der Waals surface area contributed by atoms with Crippen LogP contribution in [0.25, 0.3) is 0 Å². The van der Waals surface area contributed by atoms with E-state index in [2.05, 4.69) is 4.98 Å². The first-order valence-corrected chi connectivity index (χ1v) is 14.0. The molecule has 2 N–H and O–H groups in total. The Hall–Kier alpha value is -3.50. The van der Waals surface area contributed by atoms with Gasteiger partial charge in [0.2, 0.25) is 5.91 Å². The van der Waals surface area contributed by atoms with Gasteiger partial charge in [-0.1, -0.05) is 42.0 Å². The molecule has 5 rings (SSSR count). The summed E-state index contributed by atoms with van der Waals surface area (Å²) in [6.07, 6.45) is 3.05. The number of hydrogen-bond donors (Lipinski definition) is 1. The Morgan fingerprint density at radius 1 is 1.11 bits per heavy atom. The SMILES string of the molecule is C[C@H](CC1c2cc3c(cc2CCC1C(N)=O)C(=O)c1ccccc1C3=O)SSc1ccc([N+](=O)[O-])cn1. The highest BCUT2D eigenvalue weighted by Gasteiger charge is 2.37. The second-order valence-corrected chi connectivity index (χ2v) is 12.0. The van der Waals surface area contributed by atoms with E-state index in [0.29, 0.717) is 46.5 Å². The average Bonchev–Trinajstić information content (AvgIpc) is 2.90. The van der Waals surface area contributed by atoms with Crippen molar-refractivity contribution >= 4 is 44.7 Å². The number of primary amides is 1. The van der Waals surface area contributed by atoms with Crippen molar-refractivity contribution < 1.29 is 19.3 Å². The zero-order valence-electron chi connectivity index (χ0n) is 19.9. The van der Waals surface area contributed by atoms with E-state index in [9.17, 15) is 24.5 Å². The molecule has 0 saturated heterocycles. The summed E-state index contributed by atoms with van der Waals surface area (Å²) in [5.41, 5.74) is 9.23. The van der Waals surface area contributed by atoms with Gasteiger partial charge in [0.05, 0.1) is 4.92 Å². The fourth-order valence-electron chi connectivity index (χ4n) is 5.19. The normalized spacial score (nSPS) is 18.9. The Bertz CT molecular complexity index is 1440. The summed E-state index contributed by atoms with van der Waals surface area (Å²) in [5, 5.41) is 11.6. The Morgan fingerprint density at radius 3 is 2.38 bits per heavy atom. The second-order valence-electron chi connectivity index (χ2n) is 9.29. The van der Waals surface area contributed by atoms with Gasteiger partial charge < -0.3 is 5.73 Å². The molecule has 2 aliphatic rings. The van der Waals surface area contributed by atoms with Gasteiger partial charge in [0, 0.05) is 39.5 Å². The number of fused-ring (bicyclic) bond motifs is 3. The minimum absolute atomic E-state index is 0.0653. The Labute approximate surface area is 221 Å². The van der Waals surface area contributed by atoms with Crippen LogP contribution in [0.5, 0.6) is 0 Å². The molecule has 37 heavy (non-hydrogen) atoms. The molecular weight excluding hydrogens is 510 g/mol. The summed E-state index contributed by atoms with van der Waals surface area (Å²) < 4.78 is 0. The number of hydrogen-bond acceptors (Lipinski definition) is 8. The lowest BCUT2D eigenvalue weighted by atomic mass is 9.70. The molecule has 0 fully saturated rings. The molecule has 1 amide bonds. The lowest BCUT2D eigenvalue weighted by Crippen LogP contribution is -2.34. The molecule has 2 unspecified atom stereocenters. The topological polar surface area (TPSA) is 133 Å². The Kier molecular flexibility index (Phi) is 6.87. The maximum absolute atomic E-state index is 13.3. The third kappa shape index (κ3) is 4.78. The minimum Gasteiger partial charge on any atom is -0.369 e. The summed E-state index contributed by atoms with van der Waals surface area (Å²) in [6, 6.07) is 13.5. The second kappa shape index (κ2) is 10.1. The predicted octanol–water partition coefficient (Wildman–Crippen LogP) is 5.12. The number of carbonyl (C=O) groups excluding carboxylic acids is 3. The zero-order valence-corrected chi connectivity index (χ0v) is 21.5. The van der Waals surface area contributed by atoms with Crippen LogP contribution in [0, 0.1) is 16.0 Å². The van der Waals surface area contributed by atoms with Crippen LogP contribution in [0.4, 0.5) is 5.69 Å². The van der Waals surface area contributed by atoms with E-state index in [1.807, 2.05) is 19.1 Å². The molecule has 0 bridgehead atoms. The van der Waals surface area contributed by atoms with Crippen molar-refractivity contribution in [1.29, 1.82) is 0 Å².